The molecule has 0 unspecified atom stereocenters. The molecule has 1 aromatic rings. The molecule has 116 valence electrons. The number of hydrogen-bond acceptors (Lipinski definition) is 4. The van der Waals surface area contributed by atoms with Crippen LogP contribution in [0, 0.1) is 5.92 Å². The average Bonchev–Trinajstić information content (AvgIpc) is 2.46. The number of carbonyl (C=O) groups excluding carboxylic acids is 1. The van der Waals surface area contributed by atoms with E-state index in [0.717, 1.165) is 24.2 Å². The van der Waals surface area contributed by atoms with E-state index in [9.17, 15) is 4.79 Å². The lowest BCUT2D eigenvalue weighted by Crippen LogP contribution is -2.36. The highest BCUT2D eigenvalue weighted by Gasteiger charge is 2.22. The van der Waals surface area contributed by atoms with Crippen LogP contribution in [0.25, 0.3) is 0 Å². The summed E-state index contributed by atoms with van der Waals surface area (Å²) in [6.07, 6.45) is 1.40. The zero-order chi connectivity index (χ0) is 15.2. The van der Waals surface area contributed by atoms with Crippen LogP contribution in [-0.2, 0) is 22.5 Å². The summed E-state index contributed by atoms with van der Waals surface area (Å²) in [5, 5.41) is 0. The molecule has 1 aliphatic rings. The Morgan fingerprint density at radius 2 is 2.19 bits per heavy atom. The number of ether oxygens (including phenoxy) is 2. The maximum Gasteiger partial charge on any atom is 0.223 e. The molecule has 2 heterocycles. The number of hydrogen-bond donors (Lipinski definition) is 0. The minimum Gasteiger partial charge on any atom is -0.475 e. The molecule has 0 aromatic carbocycles. The van der Waals surface area contributed by atoms with Crippen LogP contribution in [-0.4, -0.2) is 42.7 Å². The van der Waals surface area contributed by atoms with Gasteiger partial charge in [0.1, 0.15) is 6.61 Å². The van der Waals surface area contributed by atoms with Crippen molar-refractivity contribution in [3.05, 3.63) is 23.4 Å². The molecule has 1 aromatic heterocycles. The number of nitrogens with zero attached hydrogens (tertiary/aromatic N) is 2. The SMILES string of the molecule is COCCOc1ccc2c(n1)CCN(C(=O)CC(C)C)C2. The summed E-state index contributed by atoms with van der Waals surface area (Å²) in [4.78, 5) is 18.6. The molecule has 21 heavy (non-hydrogen) atoms. The van der Waals surface area contributed by atoms with Gasteiger partial charge in [-0.3, -0.25) is 4.79 Å². The molecule has 0 spiro atoms. The lowest BCUT2D eigenvalue weighted by molar-refractivity contribution is -0.132. The van der Waals surface area contributed by atoms with Crippen molar-refractivity contribution in [2.75, 3.05) is 26.9 Å². The number of carbonyl (C=O) groups is 1. The Labute approximate surface area is 126 Å². The first-order valence-electron chi connectivity index (χ1n) is 7.48. The Kier molecular flexibility index (Phi) is 5.56. The highest BCUT2D eigenvalue weighted by atomic mass is 16.5. The molecule has 2 rings (SSSR count). The van der Waals surface area contributed by atoms with Gasteiger partial charge in [0.25, 0.3) is 0 Å². The van der Waals surface area contributed by atoms with Gasteiger partial charge < -0.3 is 14.4 Å². The third kappa shape index (κ3) is 4.43. The topological polar surface area (TPSA) is 51.7 Å². The Morgan fingerprint density at radius 1 is 1.38 bits per heavy atom. The fraction of sp³-hybridized carbons (Fsp3) is 0.625. The molecule has 0 aliphatic carbocycles. The quantitative estimate of drug-likeness (QED) is 0.753. The summed E-state index contributed by atoms with van der Waals surface area (Å²) in [5.41, 5.74) is 2.16. The van der Waals surface area contributed by atoms with Crippen molar-refractivity contribution < 1.29 is 14.3 Å². The largest absolute Gasteiger partial charge is 0.475 e. The zero-order valence-corrected chi connectivity index (χ0v) is 13.1. The van der Waals surface area contributed by atoms with Gasteiger partial charge in [-0.15, -0.1) is 0 Å². The number of rotatable bonds is 6. The predicted molar refractivity (Wildman–Crippen MR) is 80.2 cm³/mol. The van der Waals surface area contributed by atoms with E-state index in [0.29, 0.717) is 38.0 Å². The monoisotopic (exact) mass is 292 g/mol. The van der Waals surface area contributed by atoms with Crippen molar-refractivity contribution in [2.45, 2.75) is 33.2 Å². The second-order valence-corrected chi connectivity index (χ2v) is 5.76. The van der Waals surface area contributed by atoms with Crippen LogP contribution in [0.3, 0.4) is 0 Å². The molecule has 0 atom stereocenters. The first kappa shape index (κ1) is 15.8. The summed E-state index contributed by atoms with van der Waals surface area (Å²) in [6.45, 7) is 6.60. The van der Waals surface area contributed by atoms with Gasteiger partial charge in [-0.05, 0) is 11.5 Å². The Hall–Kier alpha value is -1.62. The van der Waals surface area contributed by atoms with Gasteiger partial charge in [-0.1, -0.05) is 19.9 Å². The van der Waals surface area contributed by atoms with Gasteiger partial charge in [-0.2, -0.15) is 0 Å². The lowest BCUT2D eigenvalue weighted by Gasteiger charge is -2.29. The molecule has 0 saturated heterocycles. The molecule has 1 aliphatic heterocycles. The fourth-order valence-electron chi connectivity index (χ4n) is 2.40. The van der Waals surface area contributed by atoms with Gasteiger partial charge in [0.2, 0.25) is 11.8 Å². The predicted octanol–water partition coefficient (Wildman–Crippen LogP) is 2.04. The highest BCUT2D eigenvalue weighted by molar-refractivity contribution is 5.76. The van der Waals surface area contributed by atoms with Crippen molar-refractivity contribution in [3.63, 3.8) is 0 Å². The van der Waals surface area contributed by atoms with E-state index in [4.69, 9.17) is 9.47 Å². The third-order valence-corrected chi connectivity index (χ3v) is 3.50. The van der Waals surface area contributed by atoms with Crippen molar-refractivity contribution in [3.8, 4) is 5.88 Å². The number of fused-ring (bicyclic) bond motifs is 1. The molecule has 5 heteroatoms. The van der Waals surface area contributed by atoms with Gasteiger partial charge in [0, 0.05) is 39.1 Å². The minimum absolute atomic E-state index is 0.232. The van der Waals surface area contributed by atoms with Gasteiger partial charge in [0.15, 0.2) is 0 Å². The molecule has 5 nitrogen and oxygen atoms in total. The van der Waals surface area contributed by atoms with E-state index in [2.05, 4.69) is 18.8 Å². The molecular formula is C16H24N2O3. The standard InChI is InChI=1S/C16H24N2O3/c1-12(2)10-16(19)18-7-6-14-13(11-18)4-5-15(17-14)21-9-8-20-3/h4-5,12H,6-11H2,1-3H3. The first-order valence-corrected chi connectivity index (χ1v) is 7.48. The number of pyridine rings is 1. The van der Waals surface area contributed by atoms with Crippen LogP contribution in [0.4, 0.5) is 0 Å². The molecular weight excluding hydrogens is 268 g/mol. The van der Waals surface area contributed by atoms with E-state index in [-0.39, 0.29) is 5.91 Å². The molecule has 0 saturated carbocycles. The van der Waals surface area contributed by atoms with Crippen LogP contribution in [0.1, 0.15) is 31.5 Å². The second-order valence-electron chi connectivity index (χ2n) is 5.76. The first-order chi connectivity index (χ1) is 10.1. The van der Waals surface area contributed by atoms with Gasteiger partial charge >= 0.3 is 0 Å². The van der Waals surface area contributed by atoms with Crippen molar-refractivity contribution in [2.24, 2.45) is 5.92 Å². The number of aromatic nitrogens is 1. The van der Waals surface area contributed by atoms with Crippen LogP contribution in [0.2, 0.25) is 0 Å². The van der Waals surface area contributed by atoms with Crippen molar-refractivity contribution >= 4 is 5.91 Å². The van der Waals surface area contributed by atoms with E-state index in [1.165, 1.54) is 0 Å². The highest BCUT2D eigenvalue weighted by Crippen LogP contribution is 2.21. The normalized spacial score (nSPS) is 14.2. The molecule has 0 N–H and O–H groups in total. The minimum atomic E-state index is 0.232. The Morgan fingerprint density at radius 3 is 2.90 bits per heavy atom. The van der Waals surface area contributed by atoms with Crippen LogP contribution < -0.4 is 4.74 Å². The van der Waals surface area contributed by atoms with E-state index < -0.39 is 0 Å². The maximum atomic E-state index is 12.1. The number of amides is 1. The average molecular weight is 292 g/mol. The fourth-order valence-corrected chi connectivity index (χ4v) is 2.40. The van der Waals surface area contributed by atoms with E-state index >= 15 is 0 Å². The third-order valence-electron chi connectivity index (χ3n) is 3.50. The summed E-state index contributed by atoms with van der Waals surface area (Å²) in [7, 11) is 1.65. The summed E-state index contributed by atoms with van der Waals surface area (Å²) >= 11 is 0. The summed E-state index contributed by atoms with van der Waals surface area (Å²) < 4.78 is 10.5. The smallest absolute Gasteiger partial charge is 0.223 e. The second kappa shape index (κ2) is 7.41. The number of methoxy groups -OCH3 is 1. The summed E-state index contributed by atoms with van der Waals surface area (Å²) in [6, 6.07) is 3.88. The Balaban J connectivity index is 1.97. The van der Waals surface area contributed by atoms with Crippen LogP contribution in [0.5, 0.6) is 5.88 Å². The molecule has 0 radical (unpaired) electrons. The van der Waals surface area contributed by atoms with E-state index in [1.54, 1.807) is 7.11 Å². The lowest BCUT2D eigenvalue weighted by atomic mass is 10.0. The van der Waals surface area contributed by atoms with Crippen LogP contribution >= 0.6 is 0 Å². The Bertz CT molecular complexity index is 488. The maximum absolute atomic E-state index is 12.1. The molecule has 0 bridgehead atoms. The molecule has 1 amide bonds. The zero-order valence-electron chi connectivity index (χ0n) is 13.1. The van der Waals surface area contributed by atoms with Gasteiger partial charge in [-0.25, -0.2) is 4.98 Å². The van der Waals surface area contributed by atoms with E-state index in [1.807, 2.05) is 17.0 Å². The van der Waals surface area contributed by atoms with Gasteiger partial charge in [0.05, 0.1) is 12.3 Å². The van der Waals surface area contributed by atoms with Crippen molar-refractivity contribution in [1.82, 2.24) is 9.88 Å². The van der Waals surface area contributed by atoms with Crippen molar-refractivity contribution in [1.29, 1.82) is 0 Å². The molecule has 0 fully saturated rings. The van der Waals surface area contributed by atoms with Crippen LogP contribution in [0.15, 0.2) is 12.1 Å². The summed E-state index contributed by atoms with van der Waals surface area (Å²) in [5.74, 6) is 1.26.